The van der Waals surface area contributed by atoms with Crippen LogP contribution in [0.15, 0.2) is 23.1 Å². The zero-order valence-corrected chi connectivity index (χ0v) is 11.8. The van der Waals surface area contributed by atoms with Crippen LogP contribution in [0.1, 0.15) is 35.7 Å². The van der Waals surface area contributed by atoms with Gasteiger partial charge in [0.2, 0.25) is 10.0 Å². The third-order valence-corrected chi connectivity index (χ3v) is 5.46. The number of sulfonamides is 1. The number of rotatable bonds is 5. The van der Waals surface area contributed by atoms with E-state index in [4.69, 9.17) is 5.11 Å². The third-order valence-electron chi connectivity index (χ3n) is 3.29. The molecule has 19 heavy (non-hydrogen) atoms. The van der Waals surface area contributed by atoms with E-state index in [1.807, 2.05) is 0 Å². The Morgan fingerprint density at radius 1 is 1.42 bits per heavy atom. The molecule has 0 spiro atoms. The van der Waals surface area contributed by atoms with Gasteiger partial charge in [-0.1, -0.05) is 13.0 Å². The predicted molar refractivity (Wildman–Crippen MR) is 70.7 cm³/mol. The van der Waals surface area contributed by atoms with Gasteiger partial charge in [-0.15, -0.1) is 0 Å². The lowest BCUT2D eigenvalue weighted by Gasteiger charge is -2.21. The van der Waals surface area contributed by atoms with Gasteiger partial charge in [0.25, 0.3) is 0 Å². The summed E-state index contributed by atoms with van der Waals surface area (Å²) >= 11 is 0. The minimum Gasteiger partial charge on any atom is -0.478 e. The van der Waals surface area contributed by atoms with E-state index >= 15 is 0 Å². The van der Waals surface area contributed by atoms with Crippen molar-refractivity contribution in [3.63, 3.8) is 0 Å². The summed E-state index contributed by atoms with van der Waals surface area (Å²) in [5, 5.41) is 8.97. The van der Waals surface area contributed by atoms with Gasteiger partial charge in [0.1, 0.15) is 0 Å². The molecule has 0 heterocycles. The molecule has 0 bridgehead atoms. The number of carboxylic acid groups (broad SMARTS) is 1. The molecular weight excluding hydrogens is 266 g/mol. The van der Waals surface area contributed by atoms with Crippen molar-refractivity contribution in [2.45, 2.75) is 37.6 Å². The van der Waals surface area contributed by atoms with Gasteiger partial charge in [-0.05, 0) is 37.5 Å². The molecule has 1 N–H and O–H groups in total. The van der Waals surface area contributed by atoms with Crippen LogP contribution in [0.3, 0.4) is 0 Å². The fourth-order valence-electron chi connectivity index (χ4n) is 2.12. The summed E-state index contributed by atoms with van der Waals surface area (Å²) in [4.78, 5) is 11.1. The van der Waals surface area contributed by atoms with Crippen LogP contribution in [0.4, 0.5) is 0 Å². The minimum atomic E-state index is -3.60. The van der Waals surface area contributed by atoms with E-state index in [1.54, 1.807) is 13.8 Å². The molecule has 1 aliphatic rings. The first-order chi connectivity index (χ1) is 8.87. The Hall–Kier alpha value is -1.40. The van der Waals surface area contributed by atoms with Gasteiger partial charge in [-0.2, -0.15) is 4.31 Å². The molecule has 1 aromatic rings. The first-order valence-electron chi connectivity index (χ1n) is 6.23. The highest BCUT2D eigenvalue weighted by Crippen LogP contribution is 2.32. The number of hydrogen-bond acceptors (Lipinski definition) is 3. The Balaban J connectivity index is 2.49. The maximum atomic E-state index is 12.6. The summed E-state index contributed by atoms with van der Waals surface area (Å²) in [7, 11) is -3.60. The zero-order chi connectivity index (χ0) is 14.2. The molecule has 5 nitrogen and oxygen atoms in total. The number of benzene rings is 1. The minimum absolute atomic E-state index is 0.00368. The van der Waals surface area contributed by atoms with Crippen LogP contribution in [0.25, 0.3) is 0 Å². The quantitative estimate of drug-likeness (QED) is 0.895. The van der Waals surface area contributed by atoms with Gasteiger partial charge < -0.3 is 5.11 Å². The zero-order valence-electron chi connectivity index (χ0n) is 11.0. The lowest BCUT2D eigenvalue weighted by Crippen LogP contribution is -2.33. The Labute approximate surface area is 112 Å². The fourth-order valence-corrected chi connectivity index (χ4v) is 4.07. The Morgan fingerprint density at radius 2 is 2.05 bits per heavy atom. The molecule has 1 aliphatic carbocycles. The average Bonchev–Trinajstić information content (AvgIpc) is 3.14. The van der Waals surface area contributed by atoms with Crippen molar-refractivity contribution in [3.05, 3.63) is 29.3 Å². The lowest BCUT2D eigenvalue weighted by atomic mass is 10.1. The van der Waals surface area contributed by atoms with Crippen LogP contribution in [0.2, 0.25) is 0 Å². The van der Waals surface area contributed by atoms with Crippen LogP contribution in [-0.4, -0.2) is 36.4 Å². The summed E-state index contributed by atoms with van der Waals surface area (Å²) in [6.45, 7) is 3.88. The highest BCUT2D eigenvalue weighted by atomic mass is 32.2. The molecule has 0 amide bonds. The molecule has 1 aromatic carbocycles. The monoisotopic (exact) mass is 283 g/mol. The lowest BCUT2D eigenvalue weighted by molar-refractivity contribution is 0.0696. The van der Waals surface area contributed by atoms with Crippen LogP contribution in [-0.2, 0) is 10.0 Å². The summed E-state index contributed by atoms with van der Waals surface area (Å²) in [6.07, 6.45) is 1.76. The maximum absolute atomic E-state index is 12.6. The van der Waals surface area contributed by atoms with Crippen LogP contribution < -0.4 is 0 Å². The Bertz CT molecular complexity index is 605. The fraction of sp³-hybridized carbons (Fsp3) is 0.462. The first-order valence-corrected chi connectivity index (χ1v) is 7.67. The molecule has 0 radical (unpaired) electrons. The standard InChI is InChI=1S/C13H17NO4S/c1-3-14(11-6-7-11)19(17,18)12-8-10(13(15)16)5-4-9(12)2/h4-5,8,11H,3,6-7H2,1-2H3,(H,15,16). The van der Waals surface area contributed by atoms with Crippen molar-refractivity contribution in [1.82, 2.24) is 4.31 Å². The van der Waals surface area contributed by atoms with Crippen LogP contribution >= 0.6 is 0 Å². The second-order valence-corrected chi connectivity index (χ2v) is 6.58. The van der Waals surface area contributed by atoms with E-state index in [9.17, 15) is 13.2 Å². The van der Waals surface area contributed by atoms with Crippen molar-refractivity contribution < 1.29 is 18.3 Å². The number of hydrogen-bond donors (Lipinski definition) is 1. The number of carbonyl (C=O) groups is 1. The van der Waals surface area contributed by atoms with Crippen LogP contribution in [0.5, 0.6) is 0 Å². The molecule has 0 atom stereocenters. The van der Waals surface area contributed by atoms with Crippen molar-refractivity contribution in [1.29, 1.82) is 0 Å². The van der Waals surface area contributed by atoms with Gasteiger partial charge in [0.05, 0.1) is 10.5 Å². The third kappa shape index (κ3) is 2.64. The number of aryl methyl sites for hydroxylation is 1. The van der Waals surface area contributed by atoms with Gasteiger partial charge >= 0.3 is 5.97 Å². The van der Waals surface area contributed by atoms with Crippen molar-refractivity contribution >= 4 is 16.0 Å². The number of aromatic carboxylic acids is 1. The van der Waals surface area contributed by atoms with E-state index in [1.165, 1.54) is 22.5 Å². The second-order valence-electron chi connectivity index (χ2n) is 4.72. The summed E-state index contributed by atoms with van der Waals surface area (Å²) < 4.78 is 26.6. The van der Waals surface area contributed by atoms with Crippen molar-refractivity contribution in [2.75, 3.05) is 6.54 Å². The van der Waals surface area contributed by atoms with E-state index < -0.39 is 16.0 Å². The molecule has 0 saturated heterocycles. The molecular formula is C13H17NO4S. The normalized spacial score (nSPS) is 15.7. The van der Waals surface area contributed by atoms with Crippen molar-refractivity contribution in [3.8, 4) is 0 Å². The number of carboxylic acids is 1. The smallest absolute Gasteiger partial charge is 0.335 e. The van der Waals surface area contributed by atoms with E-state index in [0.717, 1.165) is 12.8 Å². The average molecular weight is 283 g/mol. The van der Waals surface area contributed by atoms with Gasteiger partial charge in [0, 0.05) is 12.6 Å². The number of nitrogens with zero attached hydrogens (tertiary/aromatic N) is 1. The largest absolute Gasteiger partial charge is 0.478 e. The Kier molecular flexibility index (Phi) is 3.64. The Morgan fingerprint density at radius 3 is 2.53 bits per heavy atom. The highest BCUT2D eigenvalue weighted by molar-refractivity contribution is 7.89. The van der Waals surface area contributed by atoms with E-state index in [-0.39, 0.29) is 16.5 Å². The summed E-state index contributed by atoms with van der Waals surface area (Å²) in [5.41, 5.74) is 0.570. The molecule has 104 valence electrons. The second kappa shape index (κ2) is 4.94. The molecule has 0 aromatic heterocycles. The van der Waals surface area contributed by atoms with Gasteiger partial charge in [0.15, 0.2) is 0 Å². The molecule has 1 saturated carbocycles. The molecule has 2 rings (SSSR count). The van der Waals surface area contributed by atoms with E-state index in [0.29, 0.717) is 12.1 Å². The SMILES string of the molecule is CCN(C1CC1)S(=O)(=O)c1cc(C(=O)O)ccc1C. The maximum Gasteiger partial charge on any atom is 0.335 e. The van der Waals surface area contributed by atoms with Gasteiger partial charge in [-0.25, -0.2) is 13.2 Å². The van der Waals surface area contributed by atoms with Gasteiger partial charge in [-0.3, -0.25) is 0 Å². The topological polar surface area (TPSA) is 74.7 Å². The highest BCUT2D eigenvalue weighted by Gasteiger charge is 2.37. The molecule has 1 fully saturated rings. The predicted octanol–water partition coefficient (Wildman–Crippen LogP) is 1.87. The molecule has 0 aliphatic heterocycles. The summed E-state index contributed by atoms with van der Waals surface area (Å²) in [5.74, 6) is -1.12. The first kappa shape index (κ1) is 14.0. The van der Waals surface area contributed by atoms with E-state index in [2.05, 4.69) is 0 Å². The molecule has 0 unspecified atom stereocenters. The molecule has 6 heteroatoms. The van der Waals surface area contributed by atoms with Crippen LogP contribution in [0, 0.1) is 6.92 Å². The summed E-state index contributed by atoms with van der Waals surface area (Å²) in [6, 6.07) is 4.28. The van der Waals surface area contributed by atoms with Crippen molar-refractivity contribution in [2.24, 2.45) is 0 Å².